The van der Waals surface area contributed by atoms with Crippen LogP contribution in [0.3, 0.4) is 0 Å². The van der Waals surface area contributed by atoms with Crippen LogP contribution >= 0.6 is 0 Å². The molecule has 7 heteroatoms. The molecule has 1 amide bonds. The van der Waals surface area contributed by atoms with E-state index in [1.807, 2.05) is 24.3 Å². The molecule has 2 heterocycles. The SMILES string of the molecule is Cc1noc(-c2ccc(CN3CCOCC3)cc2)c1NC(=O)O. The van der Waals surface area contributed by atoms with Crippen molar-refractivity contribution in [2.45, 2.75) is 13.5 Å². The molecule has 1 aromatic heterocycles. The molecule has 1 aliphatic heterocycles. The fourth-order valence-corrected chi connectivity index (χ4v) is 2.60. The monoisotopic (exact) mass is 317 g/mol. The van der Waals surface area contributed by atoms with Crippen molar-refractivity contribution in [2.24, 2.45) is 0 Å². The van der Waals surface area contributed by atoms with Gasteiger partial charge in [-0.15, -0.1) is 0 Å². The smallest absolute Gasteiger partial charge is 0.409 e. The largest absolute Gasteiger partial charge is 0.465 e. The van der Waals surface area contributed by atoms with Crippen LogP contribution in [0.25, 0.3) is 11.3 Å². The number of nitrogens with zero attached hydrogens (tertiary/aromatic N) is 2. The minimum atomic E-state index is -1.14. The number of hydrogen-bond donors (Lipinski definition) is 2. The van der Waals surface area contributed by atoms with Gasteiger partial charge in [-0.1, -0.05) is 29.4 Å². The molecule has 23 heavy (non-hydrogen) atoms. The minimum absolute atomic E-state index is 0.387. The van der Waals surface area contributed by atoms with Crippen molar-refractivity contribution in [1.29, 1.82) is 0 Å². The van der Waals surface area contributed by atoms with Crippen LogP contribution in [0.5, 0.6) is 0 Å². The van der Waals surface area contributed by atoms with Gasteiger partial charge >= 0.3 is 6.09 Å². The van der Waals surface area contributed by atoms with Crippen LogP contribution < -0.4 is 5.32 Å². The number of hydrogen-bond acceptors (Lipinski definition) is 5. The maximum Gasteiger partial charge on any atom is 0.409 e. The highest BCUT2D eigenvalue weighted by Gasteiger charge is 2.17. The highest BCUT2D eigenvalue weighted by atomic mass is 16.5. The fraction of sp³-hybridized carbons (Fsp3) is 0.375. The average molecular weight is 317 g/mol. The molecule has 122 valence electrons. The van der Waals surface area contributed by atoms with Gasteiger partial charge in [0, 0.05) is 25.2 Å². The normalized spacial score (nSPS) is 15.5. The molecule has 2 aromatic rings. The zero-order chi connectivity index (χ0) is 16.2. The van der Waals surface area contributed by atoms with Crippen LogP contribution in [0.1, 0.15) is 11.3 Å². The predicted octanol–water partition coefficient (Wildman–Crippen LogP) is 2.57. The number of morpholine rings is 1. The van der Waals surface area contributed by atoms with Gasteiger partial charge in [0.2, 0.25) is 0 Å². The molecule has 0 radical (unpaired) electrons. The van der Waals surface area contributed by atoms with Crippen LogP contribution in [0.4, 0.5) is 10.5 Å². The number of aryl methyl sites for hydroxylation is 1. The lowest BCUT2D eigenvalue weighted by Gasteiger charge is -2.26. The highest BCUT2D eigenvalue weighted by Crippen LogP contribution is 2.31. The lowest BCUT2D eigenvalue weighted by Crippen LogP contribution is -2.35. The predicted molar refractivity (Wildman–Crippen MR) is 84.4 cm³/mol. The second kappa shape index (κ2) is 6.80. The Hall–Kier alpha value is -2.38. The number of benzene rings is 1. The molecular weight excluding hydrogens is 298 g/mol. The van der Waals surface area contributed by atoms with Crippen molar-refractivity contribution in [3.8, 4) is 11.3 Å². The highest BCUT2D eigenvalue weighted by molar-refractivity contribution is 5.89. The number of amides is 1. The van der Waals surface area contributed by atoms with Gasteiger partial charge in [-0.25, -0.2) is 4.79 Å². The first-order chi connectivity index (χ1) is 11.1. The van der Waals surface area contributed by atoms with Gasteiger partial charge in [-0.05, 0) is 12.5 Å². The Bertz CT molecular complexity index is 675. The fourth-order valence-electron chi connectivity index (χ4n) is 2.60. The van der Waals surface area contributed by atoms with Crippen molar-refractivity contribution >= 4 is 11.8 Å². The van der Waals surface area contributed by atoms with E-state index in [1.54, 1.807) is 6.92 Å². The summed E-state index contributed by atoms with van der Waals surface area (Å²) < 4.78 is 10.6. The van der Waals surface area contributed by atoms with Crippen LogP contribution in [0.2, 0.25) is 0 Å². The summed E-state index contributed by atoms with van der Waals surface area (Å²) in [5.74, 6) is 0.433. The summed E-state index contributed by atoms with van der Waals surface area (Å²) in [5, 5.41) is 15.1. The zero-order valence-corrected chi connectivity index (χ0v) is 12.9. The number of rotatable bonds is 4. The maximum absolute atomic E-state index is 10.9. The Morgan fingerprint density at radius 2 is 2.00 bits per heavy atom. The number of nitrogens with one attached hydrogen (secondary N) is 1. The van der Waals surface area contributed by atoms with Crippen molar-refractivity contribution in [3.63, 3.8) is 0 Å². The summed E-state index contributed by atoms with van der Waals surface area (Å²) in [6.45, 7) is 6.01. The van der Waals surface area contributed by atoms with E-state index in [-0.39, 0.29) is 0 Å². The van der Waals surface area contributed by atoms with Crippen LogP contribution in [0, 0.1) is 6.92 Å². The second-order valence-electron chi connectivity index (χ2n) is 5.49. The van der Waals surface area contributed by atoms with Gasteiger partial charge in [-0.3, -0.25) is 10.2 Å². The number of carbonyl (C=O) groups is 1. The Morgan fingerprint density at radius 3 is 2.65 bits per heavy atom. The molecule has 0 spiro atoms. The molecule has 0 saturated carbocycles. The molecule has 1 saturated heterocycles. The number of aromatic nitrogens is 1. The molecular formula is C16H19N3O4. The summed E-state index contributed by atoms with van der Waals surface area (Å²) >= 11 is 0. The van der Waals surface area contributed by atoms with E-state index in [0.717, 1.165) is 38.4 Å². The lowest BCUT2D eigenvalue weighted by atomic mass is 10.1. The standard InChI is InChI=1S/C16H19N3O4/c1-11-14(17-16(20)21)15(23-18-11)13-4-2-12(3-5-13)10-19-6-8-22-9-7-19/h2-5,17H,6-10H2,1H3,(H,20,21). The summed E-state index contributed by atoms with van der Waals surface area (Å²) in [6.07, 6.45) is -1.14. The Morgan fingerprint density at radius 1 is 1.30 bits per heavy atom. The topological polar surface area (TPSA) is 87.8 Å². The quantitative estimate of drug-likeness (QED) is 0.901. The van der Waals surface area contributed by atoms with Gasteiger partial charge in [0.05, 0.1) is 13.2 Å². The molecule has 7 nitrogen and oxygen atoms in total. The third kappa shape index (κ3) is 3.69. The molecule has 0 atom stereocenters. The summed E-state index contributed by atoms with van der Waals surface area (Å²) in [6, 6.07) is 7.88. The molecule has 1 aromatic carbocycles. The molecule has 0 bridgehead atoms. The summed E-state index contributed by atoms with van der Waals surface area (Å²) in [7, 11) is 0. The van der Waals surface area contributed by atoms with Crippen molar-refractivity contribution < 1.29 is 19.2 Å². The van der Waals surface area contributed by atoms with Crippen molar-refractivity contribution in [2.75, 3.05) is 31.6 Å². The Labute approximate surface area is 133 Å². The Kier molecular flexibility index (Phi) is 4.59. The molecule has 2 N–H and O–H groups in total. The number of ether oxygens (including phenoxy) is 1. The van der Waals surface area contributed by atoms with Crippen LogP contribution in [-0.2, 0) is 11.3 Å². The van der Waals surface area contributed by atoms with Crippen LogP contribution in [0.15, 0.2) is 28.8 Å². The summed E-state index contributed by atoms with van der Waals surface area (Å²) in [4.78, 5) is 13.2. The first-order valence-corrected chi connectivity index (χ1v) is 7.49. The molecule has 1 fully saturated rings. The van der Waals surface area contributed by atoms with E-state index < -0.39 is 6.09 Å². The van der Waals surface area contributed by atoms with E-state index in [9.17, 15) is 4.79 Å². The zero-order valence-electron chi connectivity index (χ0n) is 12.9. The van der Waals surface area contributed by atoms with E-state index in [0.29, 0.717) is 17.1 Å². The van der Waals surface area contributed by atoms with Gasteiger partial charge in [0.25, 0.3) is 0 Å². The average Bonchev–Trinajstić information content (AvgIpc) is 2.90. The second-order valence-corrected chi connectivity index (χ2v) is 5.49. The van der Waals surface area contributed by atoms with Gasteiger partial charge in [-0.2, -0.15) is 0 Å². The molecule has 3 rings (SSSR count). The first-order valence-electron chi connectivity index (χ1n) is 7.49. The third-order valence-electron chi connectivity index (χ3n) is 3.82. The van der Waals surface area contributed by atoms with E-state index in [4.69, 9.17) is 14.4 Å². The number of anilines is 1. The lowest BCUT2D eigenvalue weighted by molar-refractivity contribution is 0.0342. The maximum atomic E-state index is 10.9. The minimum Gasteiger partial charge on any atom is -0.465 e. The third-order valence-corrected chi connectivity index (χ3v) is 3.82. The van der Waals surface area contributed by atoms with Gasteiger partial charge in [0.15, 0.2) is 5.76 Å². The van der Waals surface area contributed by atoms with Crippen molar-refractivity contribution in [1.82, 2.24) is 10.1 Å². The van der Waals surface area contributed by atoms with Crippen LogP contribution in [-0.4, -0.2) is 47.6 Å². The van der Waals surface area contributed by atoms with E-state index in [1.165, 1.54) is 5.56 Å². The van der Waals surface area contributed by atoms with Gasteiger partial charge in [0.1, 0.15) is 11.4 Å². The number of carboxylic acid groups (broad SMARTS) is 1. The Balaban J connectivity index is 1.75. The summed E-state index contributed by atoms with van der Waals surface area (Å²) in [5.41, 5.74) is 2.89. The molecule has 0 aliphatic carbocycles. The van der Waals surface area contributed by atoms with E-state index >= 15 is 0 Å². The molecule has 1 aliphatic rings. The van der Waals surface area contributed by atoms with Crippen molar-refractivity contribution in [3.05, 3.63) is 35.5 Å². The van der Waals surface area contributed by atoms with E-state index in [2.05, 4.69) is 15.4 Å². The molecule has 0 unspecified atom stereocenters. The van der Waals surface area contributed by atoms with Gasteiger partial charge < -0.3 is 14.4 Å². The first kappa shape index (κ1) is 15.5.